The minimum Gasteiger partial charge on any atom is -0.489 e. The molecule has 0 unspecified atom stereocenters. The van der Waals surface area contributed by atoms with Crippen LogP contribution >= 0.6 is 11.6 Å². The van der Waals surface area contributed by atoms with Gasteiger partial charge in [-0.2, -0.15) is 0 Å². The Kier molecular flexibility index (Phi) is 4.67. The van der Waals surface area contributed by atoms with Crippen LogP contribution < -0.4 is 14.8 Å². The average Bonchev–Trinajstić information content (AvgIpc) is 2.91. The average molecular weight is 368 g/mol. The van der Waals surface area contributed by atoms with Crippen LogP contribution in [-0.4, -0.2) is 19.1 Å². The van der Waals surface area contributed by atoms with Crippen molar-refractivity contribution in [3.63, 3.8) is 0 Å². The third-order valence-corrected chi connectivity index (χ3v) is 4.63. The quantitative estimate of drug-likeness (QED) is 0.736. The molecule has 0 fully saturated rings. The second-order valence-corrected chi connectivity index (χ2v) is 6.57. The van der Waals surface area contributed by atoms with Gasteiger partial charge in [-0.05, 0) is 34.5 Å². The summed E-state index contributed by atoms with van der Waals surface area (Å²) in [6, 6.07) is 17.2. The van der Waals surface area contributed by atoms with E-state index in [0.717, 1.165) is 22.8 Å². The lowest BCUT2D eigenvalue weighted by atomic mass is 10.0. The molecule has 5 heteroatoms. The first-order valence-electron chi connectivity index (χ1n) is 8.56. The highest BCUT2D eigenvalue weighted by molar-refractivity contribution is 6.32. The second-order valence-electron chi connectivity index (χ2n) is 6.16. The Morgan fingerprint density at radius 1 is 1.04 bits per heavy atom. The molecule has 4 nitrogen and oxygen atoms in total. The molecule has 0 saturated carbocycles. The Morgan fingerprint density at radius 2 is 1.85 bits per heavy atom. The third-order valence-electron chi connectivity index (χ3n) is 4.35. The van der Waals surface area contributed by atoms with E-state index >= 15 is 0 Å². The van der Waals surface area contributed by atoms with Gasteiger partial charge in [-0.25, -0.2) is 0 Å². The van der Waals surface area contributed by atoms with Crippen molar-refractivity contribution >= 4 is 28.3 Å². The minimum atomic E-state index is -0.120. The zero-order valence-electron chi connectivity index (χ0n) is 14.1. The van der Waals surface area contributed by atoms with E-state index in [1.165, 1.54) is 0 Å². The van der Waals surface area contributed by atoms with Crippen LogP contribution in [0, 0.1) is 0 Å². The summed E-state index contributed by atoms with van der Waals surface area (Å²) in [6.45, 7) is 1.54. The standard InChI is InChI=1S/C21H18ClNO3/c22-18-11-14(12-19-20(18)26-10-4-9-25-19)13-23-21(24)17-8-3-6-15-5-1-2-7-16(15)17/h1-3,5-8,11-12H,4,9-10,13H2,(H,23,24). The van der Waals surface area contributed by atoms with Gasteiger partial charge in [-0.1, -0.05) is 48.0 Å². The van der Waals surface area contributed by atoms with E-state index in [9.17, 15) is 4.79 Å². The van der Waals surface area contributed by atoms with E-state index in [2.05, 4.69) is 5.32 Å². The zero-order valence-corrected chi connectivity index (χ0v) is 14.9. The number of carbonyl (C=O) groups is 1. The molecule has 1 aliphatic heterocycles. The fourth-order valence-electron chi connectivity index (χ4n) is 3.09. The molecule has 132 valence electrons. The van der Waals surface area contributed by atoms with Crippen molar-refractivity contribution in [3.8, 4) is 11.5 Å². The number of hydrogen-bond acceptors (Lipinski definition) is 3. The topological polar surface area (TPSA) is 47.6 Å². The number of fused-ring (bicyclic) bond motifs is 2. The molecule has 0 bridgehead atoms. The molecule has 1 heterocycles. The van der Waals surface area contributed by atoms with Crippen LogP contribution in [0.15, 0.2) is 54.6 Å². The summed E-state index contributed by atoms with van der Waals surface area (Å²) in [5.74, 6) is 1.09. The fraction of sp³-hybridized carbons (Fsp3) is 0.190. The molecule has 0 saturated heterocycles. The molecule has 1 aliphatic rings. The van der Waals surface area contributed by atoms with E-state index in [1.807, 2.05) is 48.5 Å². The van der Waals surface area contributed by atoms with Crippen molar-refractivity contribution in [2.24, 2.45) is 0 Å². The zero-order chi connectivity index (χ0) is 17.9. The second kappa shape index (κ2) is 7.26. The summed E-state index contributed by atoms with van der Waals surface area (Å²) in [5.41, 5.74) is 1.52. The summed E-state index contributed by atoms with van der Waals surface area (Å²) in [4.78, 5) is 12.7. The predicted octanol–water partition coefficient (Wildman–Crippen LogP) is 4.58. The summed E-state index contributed by atoms with van der Waals surface area (Å²) in [7, 11) is 0. The Hall–Kier alpha value is -2.72. The number of halogens is 1. The van der Waals surface area contributed by atoms with Gasteiger partial charge >= 0.3 is 0 Å². The normalized spacial score (nSPS) is 13.3. The number of ether oxygens (including phenoxy) is 2. The van der Waals surface area contributed by atoms with Gasteiger partial charge in [0.2, 0.25) is 0 Å². The molecule has 0 atom stereocenters. The van der Waals surface area contributed by atoms with Crippen LogP contribution in [0.1, 0.15) is 22.3 Å². The van der Waals surface area contributed by atoms with Crippen molar-refractivity contribution in [3.05, 3.63) is 70.7 Å². The van der Waals surface area contributed by atoms with Gasteiger partial charge in [0.05, 0.1) is 18.2 Å². The summed E-state index contributed by atoms with van der Waals surface area (Å²) >= 11 is 6.31. The van der Waals surface area contributed by atoms with Crippen molar-refractivity contribution in [1.29, 1.82) is 0 Å². The van der Waals surface area contributed by atoms with Gasteiger partial charge in [0.1, 0.15) is 0 Å². The van der Waals surface area contributed by atoms with Crippen molar-refractivity contribution in [1.82, 2.24) is 5.32 Å². The van der Waals surface area contributed by atoms with E-state index in [-0.39, 0.29) is 5.91 Å². The molecule has 0 radical (unpaired) electrons. The third kappa shape index (κ3) is 3.33. The molecule has 3 aromatic carbocycles. The van der Waals surface area contributed by atoms with Crippen molar-refractivity contribution in [2.45, 2.75) is 13.0 Å². The molecule has 1 amide bonds. The molecule has 1 N–H and O–H groups in total. The molecule has 26 heavy (non-hydrogen) atoms. The van der Waals surface area contributed by atoms with Crippen molar-refractivity contribution < 1.29 is 14.3 Å². The van der Waals surface area contributed by atoms with Crippen LogP contribution in [0.25, 0.3) is 10.8 Å². The van der Waals surface area contributed by atoms with E-state index < -0.39 is 0 Å². The molecule has 3 aromatic rings. The maximum absolute atomic E-state index is 12.7. The lowest BCUT2D eigenvalue weighted by Crippen LogP contribution is -2.23. The monoisotopic (exact) mass is 367 g/mol. The Bertz CT molecular complexity index is 965. The van der Waals surface area contributed by atoms with Crippen molar-refractivity contribution in [2.75, 3.05) is 13.2 Å². The predicted molar refractivity (Wildman–Crippen MR) is 102 cm³/mol. The van der Waals surface area contributed by atoms with E-state index in [1.54, 1.807) is 6.07 Å². The number of benzene rings is 3. The largest absolute Gasteiger partial charge is 0.489 e. The van der Waals surface area contributed by atoms with E-state index in [0.29, 0.717) is 41.8 Å². The minimum absolute atomic E-state index is 0.120. The highest BCUT2D eigenvalue weighted by Crippen LogP contribution is 2.38. The number of carbonyl (C=O) groups excluding carboxylic acids is 1. The number of amides is 1. The molecular formula is C21H18ClNO3. The van der Waals surface area contributed by atoms with Crippen LogP contribution in [0.3, 0.4) is 0 Å². The number of nitrogens with one attached hydrogen (secondary N) is 1. The van der Waals surface area contributed by atoms with Gasteiger partial charge in [0.25, 0.3) is 5.91 Å². The van der Waals surface area contributed by atoms with E-state index in [4.69, 9.17) is 21.1 Å². The molecule has 0 aliphatic carbocycles. The van der Waals surface area contributed by atoms with Crippen LogP contribution in [0.4, 0.5) is 0 Å². The first kappa shape index (κ1) is 16.7. The van der Waals surface area contributed by atoms with Crippen LogP contribution in [-0.2, 0) is 6.54 Å². The molecule has 0 spiro atoms. The molecule has 4 rings (SSSR count). The lowest BCUT2D eigenvalue weighted by Gasteiger charge is -2.12. The lowest BCUT2D eigenvalue weighted by molar-refractivity contribution is 0.0952. The highest BCUT2D eigenvalue weighted by atomic mass is 35.5. The smallest absolute Gasteiger partial charge is 0.252 e. The Balaban J connectivity index is 1.54. The van der Waals surface area contributed by atoms with Gasteiger partial charge in [-0.3, -0.25) is 4.79 Å². The maximum Gasteiger partial charge on any atom is 0.252 e. The SMILES string of the molecule is O=C(NCc1cc(Cl)c2c(c1)OCCCO2)c1cccc2ccccc12. The van der Waals surface area contributed by atoms with Crippen LogP contribution in [0.2, 0.25) is 5.02 Å². The number of rotatable bonds is 3. The Morgan fingerprint density at radius 3 is 2.77 bits per heavy atom. The number of hydrogen-bond donors (Lipinski definition) is 1. The summed E-state index contributed by atoms with van der Waals surface area (Å²) in [5, 5.41) is 5.44. The highest BCUT2D eigenvalue weighted by Gasteiger charge is 2.16. The first-order valence-corrected chi connectivity index (χ1v) is 8.94. The molecule has 0 aromatic heterocycles. The van der Waals surface area contributed by atoms with Gasteiger partial charge in [0.15, 0.2) is 11.5 Å². The summed E-state index contributed by atoms with van der Waals surface area (Å²) in [6.07, 6.45) is 0.818. The maximum atomic E-state index is 12.7. The van der Waals surface area contributed by atoms with Gasteiger partial charge in [0, 0.05) is 18.5 Å². The van der Waals surface area contributed by atoms with Crippen LogP contribution in [0.5, 0.6) is 11.5 Å². The Labute approximate surface area is 156 Å². The van der Waals surface area contributed by atoms with Gasteiger partial charge in [-0.15, -0.1) is 0 Å². The molecular weight excluding hydrogens is 350 g/mol. The summed E-state index contributed by atoms with van der Waals surface area (Å²) < 4.78 is 11.3. The first-order chi connectivity index (χ1) is 12.7. The fourth-order valence-corrected chi connectivity index (χ4v) is 3.38. The van der Waals surface area contributed by atoms with Gasteiger partial charge < -0.3 is 14.8 Å².